The van der Waals surface area contributed by atoms with Gasteiger partial charge in [-0.3, -0.25) is 0 Å². The number of hydrogen-bond acceptors (Lipinski definition) is 6. The third-order valence-electron chi connectivity index (χ3n) is 3.04. The van der Waals surface area contributed by atoms with Crippen LogP contribution in [0.3, 0.4) is 0 Å². The predicted octanol–water partition coefficient (Wildman–Crippen LogP) is 2.19. The Balaban J connectivity index is 2.27. The summed E-state index contributed by atoms with van der Waals surface area (Å²) in [5.74, 6) is 7.51. The lowest BCUT2D eigenvalue weighted by atomic mass is 10.2. The molecule has 0 amide bonds. The van der Waals surface area contributed by atoms with E-state index in [-0.39, 0.29) is 0 Å². The van der Waals surface area contributed by atoms with Crippen molar-refractivity contribution in [2.24, 2.45) is 5.84 Å². The van der Waals surface area contributed by atoms with E-state index in [9.17, 15) is 0 Å². The van der Waals surface area contributed by atoms with Gasteiger partial charge in [0, 0.05) is 31.0 Å². The Hall–Kier alpha value is -2.34. The van der Waals surface area contributed by atoms with Gasteiger partial charge in [0.05, 0.1) is 0 Å². The zero-order chi connectivity index (χ0) is 14.7. The van der Waals surface area contributed by atoms with Crippen molar-refractivity contribution in [2.45, 2.75) is 13.8 Å². The maximum Gasteiger partial charge on any atom is 0.148 e. The van der Waals surface area contributed by atoms with Crippen LogP contribution in [-0.2, 0) is 0 Å². The fourth-order valence-corrected chi connectivity index (χ4v) is 1.87. The highest BCUT2D eigenvalue weighted by Crippen LogP contribution is 2.24. The number of hydrogen-bond donors (Lipinski definition) is 3. The van der Waals surface area contributed by atoms with Crippen LogP contribution in [0.15, 0.2) is 24.3 Å². The molecular formula is C14H20N6. The molecule has 0 unspecified atom stereocenters. The molecular weight excluding hydrogens is 252 g/mol. The minimum atomic E-state index is 0.630. The molecule has 0 fully saturated rings. The van der Waals surface area contributed by atoms with Crippen molar-refractivity contribution in [2.75, 3.05) is 29.7 Å². The summed E-state index contributed by atoms with van der Waals surface area (Å²) in [6.07, 6.45) is 0. The fourth-order valence-electron chi connectivity index (χ4n) is 1.87. The van der Waals surface area contributed by atoms with Gasteiger partial charge in [-0.15, -0.1) is 0 Å². The summed E-state index contributed by atoms with van der Waals surface area (Å²) < 4.78 is 0. The molecule has 0 aliphatic rings. The second-order valence-electron chi connectivity index (χ2n) is 4.80. The SMILES string of the molecule is Cc1nc(NN)c(C)c(Nc2ccc(N(C)C)cc2)n1. The monoisotopic (exact) mass is 272 g/mol. The summed E-state index contributed by atoms with van der Waals surface area (Å²) in [5.41, 5.74) is 5.59. The van der Waals surface area contributed by atoms with Crippen molar-refractivity contribution < 1.29 is 0 Å². The number of nitrogens with zero attached hydrogens (tertiary/aromatic N) is 3. The molecule has 0 radical (unpaired) electrons. The molecule has 0 aliphatic carbocycles. The molecule has 0 saturated carbocycles. The number of aryl methyl sites for hydroxylation is 1. The van der Waals surface area contributed by atoms with Gasteiger partial charge in [0.15, 0.2) is 0 Å². The standard InChI is InChI=1S/C14H20N6/c1-9-13(16-10(2)17-14(9)19-15)18-11-5-7-12(8-6-11)20(3)4/h5-8H,15H2,1-4H3,(H2,16,17,18,19). The van der Waals surface area contributed by atoms with E-state index in [1.54, 1.807) is 0 Å². The smallest absolute Gasteiger partial charge is 0.148 e. The van der Waals surface area contributed by atoms with Crippen LogP contribution >= 0.6 is 0 Å². The summed E-state index contributed by atoms with van der Waals surface area (Å²) in [7, 11) is 4.03. The van der Waals surface area contributed by atoms with Gasteiger partial charge in [-0.2, -0.15) is 0 Å². The molecule has 1 aromatic heterocycles. The van der Waals surface area contributed by atoms with Gasteiger partial charge >= 0.3 is 0 Å². The Morgan fingerprint density at radius 3 is 2.15 bits per heavy atom. The second kappa shape index (κ2) is 5.75. The summed E-state index contributed by atoms with van der Waals surface area (Å²) in [6.45, 7) is 3.76. The number of anilines is 4. The topological polar surface area (TPSA) is 79.1 Å². The van der Waals surface area contributed by atoms with Gasteiger partial charge in [-0.05, 0) is 38.1 Å². The van der Waals surface area contributed by atoms with E-state index in [1.807, 2.05) is 52.2 Å². The molecule has 0 saturated heterocycles. The molecule has 6 nitrogen and oxygen atoms in total. The van der Waals surface area contributed by atoms with Crippen LogP contribution in [-0.4, -0.2) is 24.1 Å². The molecule has 0 spiro atoms. The van der Waals surface area contributed by atoms with Gasteiger partial charge in [-0.25, -0.2) is 15.8 Å². The Labute approximate surface area is 119 Å². The Morgan fingerprint density at radius 2 is 1.60 bits per heavy atom. The maximum absolute atomic E-state index is 5.46. The first kappa shape index (κ1) is 14.1. The molecule has 2 aromatic rings. The number of nitrogen functional groups attached to an aromatic ring is 1. The van der Waals surface area contributed by atoms with Gasteiger partial charge in [0.2, 0.25) is 0 Å². The summed E-state index contributed by atoms with van der Waals surface area (Å²) in [4.78, 5) is 10.7. The highest BCUT2D eigenvalue weighted by atomic mass is 15.3. The summed E-state index contributed by atoms with van der Waals surface area (Å²) >= 11 is 0. The first-order valence-electron chi connectivity index (χ1n) is 6.37. The summed E-state index contributed by atoms with van der Waals surface area (Å²) in [5, 5.41) is 3.29. The molecule has 0 bridgehead atoms. The largest absolute Gasteiger partial charge is 0.378 e. The van der Waals surface area contributed by atoms with Crippen molar-refractivity contribution in [3.8, 4) is 0 Å². The number of hydrazine groups is 1. The highest BCUT2D eigenvalue weighted by molar-refractivity contribution is 5.66. The fraction of sp³-hybridized carbons (Fsp3) is 0.286. The summed E-state index contributed by atoms with van der Waals surface area (Å²) in [6, 6.07) is 8.13. The Morgan fingerprint density at radius 1 is 1.00 bits per heavy atom. The average molecular weight is 272 g/mol. The highest BCUT2D eigenvalue weighted by Gasteiger charge is 2.08. The molecule has 106 valence electrons. The number of nitrogens with two attached hydrogens (primary N) is 1. The van der Waals surface area contributed by atoms with Crippen LogP contribution in [0.4, 0.5) is 23.0 Å². The van der Waals surface area contributed by atoms with E-state index in [1.165, 1.54) is 0 Å². The van der Waals surface area contributed by atoms with Crippen LogP contribution in [0.2, 0.25) is 0 Å². The van der Waals surface area contributed by atoms with Gasteiger partial charge in [0.1, 0.15) is 17.5 Å². The first-order valence-corrected chi connectivity index (χ1v) is 6.37. The molecule has 20 heavy (non-hydrogen) atoms. The van der Waals surface area contributed by atoms with Crippen molar-refractivity contribution in [3.05, 3.63) is 35.7 Å². The lowest BCUT2D eigenvalue weighted by Gasteiger charge is -2.15. The van der Waals surface area contributed by atoms with Crippen molar-refractivity contribution >= 4 is 23.0 Å². The van der Waals surface area contributed by atoms with Crippen molar-refractivity contribution in [1.29, 1.82) is 0 Å². The Kier molecular flexibility index (Phi) is 4.05. The van der Waals surface area contributed by atoms with Crippen LogP contribution in [0, 0.1) is 13.8 Å². The van der Waals surface area contributed by atoms with Crippen molar-refractivity contribution in [3.63, 3.8) is 0 Å². The molecule has 1 aromatic carbocycles. The van der Waals surface area contributed by atoms with Gasteiger partial charge in [-0.1, -0.05) is 0 Å². The van der Waals surface area contributed by atoms with Crippen LogP contribution < -0.4 is 21.5 Å². The van der Waals surface area contributed by atoms with E-state index in [0.717, 1.165) is 22.8 Å². The third-order valence-corrected chi connectivity index (χ3v) is 3.04. The van der Waals surface area contributed by atoms with Gasteiger partial charge < -0.3 is 15.6 Å². The van der Waals surface area contributed by atoms with E-state index in [0.29, 0.717) is 11.6 Å². The first-order chi connectivity index (χ1) is 9.51. The Bertz CT molecular complexity index is 591. The molecule has 1 heterocycles. The second-order valence-corrected chi connectivity index (χ2v) is 4.80. The normalized spacial score (nSPS) is 10.2. The molecule has 4 N–H and O–H groups in total. The number of aromatic nitrogens is 2. The lowest BCUT2D eigenvalue weighted by molar-refractivity contribution is 1.03. The zero-order valence-electron chi connectivity index (χ0n) is 12.2. The zero-order valence-corrected chi connectivity index (χ0v) is 12.2. The van der Waals surface area contributed by atoms with E-state index in [4.69, 9.17) is 5.84 Å². The van der Waals surface area contributed by atoms with E-state index < -0.39 is 0 Å². The minimum Gasteiger partial charge on any atom is -0.378 e. The quantitative estimate of drug-likeness (QED) is 0.585. The van der Waals surface area contributed by atoms with Crippen LogP contribution in [0.1, 0.15) is 11.4 Å². The third kappa shape index (κ3) is 2.97. The van der Waals surface area contributed by atoms with Gasteiger partial charge in [0.25, 0.3) is 0 Å². The average Bonchev–Trinajstić information content (AvgIpc) is 2.43. The number of benzene rings is 1. The number of rotatable bonds is 4. The molecule has 2 rings (SSSR count). The lowest BCUT2D eigenvalue weighted by Crippen LogP contribution is -2.13. The predicted molar refractivity (Wildman–Crippen MR) is 83.4 cm³/mol. The molecule has 6 heteroatoms. The molecule has 0 aliphatic heterocycles. The maximum atomic E-state index is 5.46. The molecule has 0 atom stereocenters. The van der Waals surface area contributed by atoms with Crippen LogP contribution in [0.5, 0.6) is 0 Å². The minimum absolute atomic E-state index is 0.630. The number of nitrogens with one attached hydrogen (secondary N) is 2. The van der Waals surface area contributed by atoms with E-state index in [2.05, 4.69) is 25.6 Å². The van der Waals surface area contributed by atoms with Crippen LogP contribution in [0.25, 0.3) is 0 Å². The van der Waals surface area contributed by atoms with Crippen molar-refractivity contribution in [1.82, 2.24) is 9.97 Å². The van der Waals surface area contributed by atoms with E-state index >= 15 is 0 Å².